The maximum absolute atomic E-state index is 6.14. The van der Waals surface area contributed by atoms with Crippen molar-refractivity contribution in [3.05, 3.63) is 46.5 Å². The molecule has 94 valence electrons. The highest BCUT2D eigenvalue weighted by atomic mass is 35.5. The summed E-state index contributed by atoms with van der Waals surface area (Å²) in [6, 6.07) is 3.93. The van der Waals surface area contributed by atoms with Gasteiger partial charge in [-0.15, -0.1) is 0 Å². The molecule has 2 N–H and O–H groups in total. The molecule has 1 aromatic carbocycles. The molecule has 5 heteroatoms. The van der Waals surface area contributed by atoms with Gasteiger partial charge in [0.05, 0.1) is 19.7 Å². The maximum Gasteiger partial charge on any atom is 0.127 e. The summed E-state index contributed by atoms with van der Waals surface area (Å²) in [7, 11) is 0. The van der Waals surface area contributed by atoms with Crippen molar-refractivity contribution in [3.8, 4) is 5.75 Å². The Morgan fingerprint density at radius 1 is 1.44 bits per heavy atom. The molecule has 2 aromatic rings. The van der Waals surface area contributed by atoms with Gasteiger partial charge in [-0.2, -0.15) is 0 Å². The quantitative estimate of drug-likeness (QED) is 0.921. The standard InChI is InChI=1S/C13H14ClN3O/c14-11-5-9-1-4-18-13(9)10(6-11)8-17-3-2-16-12(17)7-15/h2-3,5-6H,1,4,7-8,15H2. The SMILES string of the molecule is NCc1nccn1Cc1cc(Cl)cc2c1OCC2. The van der Waals surface area contributed by atoms with Gasteiger partial charge in [0.25, 0.3) is 0 Å². The van der Waals surface area contributed by atoms with Crippen LogP contribution in [0.15, 0.2) is 24.5 Å². The largest absolute Gasteiger partial charge is 0.493 e. The first-order valence-electron chi connectivity index (χ1n) is 5.92. The molecular formula is C13H14ClN3O. The number of benzene rings is 1. The number of rotatable bonds is 3. The minimum atomic E-state index is 0.427. The normalized spacial score (nSPS) is 13.4. The van der Waals surface area contributed by atoms with Crippen LogP contribution in [-0.2, 0) is 19.5 Å². The molecule has 0 fully saturated rings. The third kappa shape index (κ3) is 1.98. The van der Waals surface area contributed by atoms with Crippen molar-refractivity contribution in [1.29, 1.82) is 0 Å². The number of nitrogens with zero attached hydrogens (tertiary/aromatic N) is 2. The predicted octanol–water partition coefficient (Wildman–Crippen LogP) is 1.98. The van der Waals surface area contributed by atoms with E-state index >= 15 is 0 Å². The molecule has 0 saturated heterocycles. The molecule has 0 amide bonds. The van der Waals surface area contributed by atoms with Crippen LogP contribution in [0.3, 0.4) is 0 Å². The third-order valence-corrected chi connectivity index (χ3v) is 3.37. The van der Waals surface area contributed by atoms with Crippen LogP contribution in [0.4, 0.5) is 0 Å². The van der Waals surface area contributed by atoms with Gasteiger partial charge in [0.2, 0.25) is 0 Å². The summed E-state index contributed by atoms with van der Waals surface area (Å²) >= 11 is 6.14. The van der Waals surface area contributed by atoms with Crippen LogP contribution < -0.4 is 10.5 Å². The Bertz CT molecular complexity index is 580. The Hall–Kier alpha value is -1.52. The van der Waals surface area contributed by atoms with E-state index in [1.165, 1.54) is 5.56 Å². The average Bonchev–Trinajstić information content (AvgIpc) is 2.96. The molecule has 2 heterocycles. The molecule has 0 aliphatic carbocycles. The topological polar surface area (TPSA) is 53.1 Å². The van der Waals surface area contributed by atoms with Crippen molar-refractivity contribution in [2.75, 3.05) is 6.61 Å². The molecule has 18 heavy (non-hydrogen) atoms. The number of ether oxygens (including phenoxy) is 1. The highest BCUT2D eigenvalue weighted by Crippen LogP contribution is 2.33. The van der Waals surface area contributed by atoms with Gasteiger partial charge in [0.15, 0.2) is 0 Å². The van der Waals surface area contributed by atoms with Crippen molar-refractivity contribution in [3.63, 3.8) is 0 Å². The first-order valence-corrected chi connectivity index (χ1v) is 6.30. The monoisotopic (exact) mass is 263 g/mol. The number of hydrogen-bond acceptors (Lipinski definition) is 3. The van der Waals surface area contributed by atoms with Gasteiger partial charge in [-0.3, -0.25) is 0 Å². The van der Waals surface area contributed by atoms with Crippen molar-refractivity contribution in [1.82, 2.24) is 9.55 Å². The Balaban J connectivity index is 1.98. The second-order valence-electron chi connectivity index (χ2n) is 4.33. The fourth-order valence-electron chi connectivity index (χ4n) is 2.32. The number of hydrogen-bond donors (Lipinski definition) is 1. The van der Waals surface area contributed by atoms with Crippen LogP contribution in [0.5, 0.6) is 5.75 Å². The van der Waals surface area contributed by atoms with Crippen molar-refractivity contribution in [2.24, 2.45) is 5.73 Å². The lowest BCUT2D eigenvalue weighted by atomic mass is 10.1. The predicted molar refractivity (Wildman–Crippen MR) is 69.9 cm³/mol. The number of nitrogens with two attached hydrogens (primary N) is 1. The second-order valence-corrected chi connectivity index (χ2v) is 4.76. The molecule has 1 aromatic heterocycles. The molecule has 4 nitrogen and oxygen atoms in total. The van der Waals surface area contributed by atoms with E-state index in [4.69, 9.17) is 22.1 Å². The Morgan fingerprint density at radius 3 is 3.17 bits per heavy atom. The summed E-state index contributed by atoms with van der Waals surface area (Å²) < 4.78 is 7.70. The first-order chi connectivity index (χ1) is 8.78. The molecule has 3 rings (SSSR count). The van der Waals surface area contributed by atoms with E-state index in [0.717, 1.165) is 35.2 Å². The maximum atomic E-state index is 6.14. The van der Waals surface area contributed by atoms with E-state index in [9.17, 15) is 0 Å². The lowest BCUT2D eigenvalue weighted by Gasteiger charge is -2.11. The summed E-state index contributed by atoms with van der Waals surface area (Å²) in [5, 5.41) is 0.753. The van der Waals surface area contributed by atoms with Gasteiger partial charge in [-0.05, 0) is 17.7 Å². The van der Waals surface area contributed by atoms with E-state index < -0.39 is 0 Å². The van der Waals surface area contributed by atoms with E-state index in [-0.39, 0.29) is 0 Å². The van der Waals surface area contributed by atoms with Crippen LogP contribution in [0.2, 0.25) is 5.02 Å². The smallest absolute Gasteiger partial charge is 0.127 e. The van der Waals surface area contributed by atoms with Crippen molar-refractivity contribution >= 4 is 11.6 Å². The highest BCUT2D eigenvalue weighted by Gasteiger charge is 2.18. The van der Waals surface area contributed by atoms with Gasteiger partial charge in [0.1, 0.15) is 11.6 Å². The minimum Gasteiger partial charge on any atom is -0.493 e. The van der Waals surface area contributed by atoms with Crippen LogP contribution >= 0.6 is 11.6 Å². The zero-order chi connectivity index (χ0) is 12.5. The Morgan fingerprint density at radius 2 is 2.33 bits per heavy atom. The van der Waals surface area contributed by atoms with E-state index in [0.29, 0.717) is 13.1 Å². The zero-order valence-electron chi connectivity index (χ0n) is 9.90. The van der Waals surface area contributed by atoms with Crippen molar-refractivity contribution in [2.45, 2.75) is 19.5 Å². The zero-order valence-corrected chi connectivity index (χ0v) is 10.7. The van der Waals surface area contributed by atoms with E-state index in [1.54, 1.807) is 6.20 Å². The fraction of sp³-hybridized carbons (Fsp3) is 0.308. The highest BCUT2D eigenvalue weighted by molar-refractivity contribution is 6.30. The summed E-state index contributed by atoms with van der Waals surface area (Å²) in [6.45, 7) is 1.85. The van der Waals surface area contributed by atoms with Gasteiger partial charge in [0, 0.05) is 29.4 Å². The molecule has 0 saturated carbocycles. The van der Waals surface area contributed by atoms with E-state index in [2.05, 4.69) is 4.98 Å². The molecule has 1 aliphatic rings. The summed E-state index contributed by atoms with van der Waals surface area (Å²) in [5.74, 6) is 1.83. The van der Waals surface area contributed by atoms with E-state index in [1.807, 2.05) is 22.9 Å². The van der Waals surface area contributed by atoms with Crippen LogP contribution in [0, 0.1) is 0 Å². The van der Waals surface area contributed by atoms with Crippen LogP contribution in [-0.4, -0.2) is 16.2 Å². The number of aromatic nitrogens is 2. The molecule has 0 radical (unpaired) electrons. The van der Waals surface area contributed by atoms with Crippen LogP contribution in [0.1, 0.15) is 17.0 Å². The molecule has 0 spiro atoms. The Kier molecular flexibility index (Phi) is 2.97. The molecular weight excluding hydrogens is 250 g/mol. The fourth-order valence-corrected chi connectivity index (χ4v) is 2.58. The average molecular weight is 264 g/mol. The summed E-state index contributed by atoms with van der Waals surface area (Å²) in [6.07, 6.45) is 4.61. The molecule has 0 bridgehead atoms. The summed E-state index contributed by atoms with van der Waals surface area (Å²) in [4.78, 5) is 4.21. The molecule has 0 unspecified atom stereocenters. The lowest BCUT2D eigenvalue weighted by molar-refractivity contribution is 0.352. The first kappa shape index (κ1) is 11.6. The van der Waals surface area contributed by atoms with Gasteiger partial charge in [-0.25, -0.2) is 4.98 Å². The number of imidazole rings is 1. The van der Waals surface area contributed by atoms with Crippen LogP contribution in [0.25, 0.3) is 0 Å². The molecule has 1 aliphatic heterocycles. The Labute approximate surface area is 110 Å². The molecule has 0 atom stereocenters. The lowest BCUT2D eigenvalue weighted by Crippen LogP contribution is -2.09. The van der Waals surface area contributed by atoms with Gasteiger partial charge in [-0.1, -0.05) is 11.6 Å². The van der Waals surface area contributed by atoms with Crippen molar-refractivity contribution < 1.29 is 4.74 Å². The minimum absolute atomic E-state index is 0.427. The summed E-state index contributed by atoms with van der Waals surface area (Å²) in [5.41, 5.74) is 7.92. The second kappa shape index (κ2) is 4.63. The number of fused-ring (bicyclic) bond motifs is 1. The third-order valence-electron chi connectivity index (χ3n) is 3.15. The van der Waals surface area contributed by atoms with Gasteiger partial charge >= 0.3 is 0 Å². The number of halogens is 1. The van der Waals surface area contributed by atoms with Gasteiger partial charge < -0.3 is 15.0 Å².